The Kier molecular flexibility index (Phi) is 3.85. The number of rotatable bonds is 5. The van der Waals surface area contributed by atoms with Crippen LogP contribution in [0, 0.1) is 5.92 Å². The van der Waals surface area contributed by atoms with E-state index in [2.05, 4.69) is 5.32 Å². The summed E-state index contributed by atoms with van der Waals surface area (Å²) in [5.41, 5.74) is 6.31. The monoisotopic (exact) mass is 234 g/mol. The molecule has 0 heterocycles. The molecule has 0 saturated heterocycles. The van der Waals surface area contributed by atoms with Crippen LogP contribution >= 0.6 is 0 Å². The van der Waals surface area contributed by atoms with E-state index < -0.39 is 0 Å². The summed E-state index contributed by atoms with van der Waals surface area (Å²) >= 11 is 0. The number of carbonyl (C=O) groups is 1. The Morgan fingerprint density at radius 1 is 1.47 bits per heavy atom. The van der Waals surface area contributed by atoms with Gasteiger partial charge in [0.05, 0.1) is 6.54 Å². The van der Waals surface area contributed by atoms with Crippen molar-refractivity contribution in [2.45, 2.75) is 19.3 Å². The highest BCUT2D eigenvalue weighted by Gasteiger charge is 2.24. The molecule has 1 aliphatic carbocycles. The summed E-state index contributed by atoms with van der Waals surface area (Å²) in [5.74, 6) is 1.14. The van der Waals surface area contributed by atoms with Gasteiger partial charge in [-0.25, -0.2) is 0 Å². The van der Waals surface area contributed by atoms with Crippen LogP contribution in [0.3, 0.4) is 0 Å². The summed E-state index contributed by atoms with van der Waals surface area (Å²) in [7, 11) is 0. The van der Waals surface area contributed by atoms with Crippen molar-refractivity contribution in [3.63, 3.8) is 0 Å². The highest BCUT2D eigenvalue weighted by molar-refractivity contribution is 5.79. The normalized spacial score (nSPS) is 15.1. The van der Waals surface area contributed by atoms with E-state index in [9.17, 15) is 4.79 Å². The van der Waals surface area contributed by atoms with Crippen LogP contribution in [0.4, 0.5) is 5.69 Å². The SMILES string of the molecule is Nc1cccc(OCCNC(=O)C2CCC2)c1. The number of nitrogen functional groups attached to an aromatic ring is 1. The van der Waals surface area contributed by atoms with Gasteiger partial charge >= 0.3 is 0 Å². The number of nitrogens with two attached hydrogens (primary N) is 1. The summed E-state index contributed by atoms with van der Waals surface area (Å²) in [6, 6.07) is 7.28. The van der Waals surface area contributed by atoms with Crippen LogP contribution in [0.2, 0.25) is 0 Å². The molecule has 1 aromatic carbocycles. The zero-order valence-electron chi connectivity index (χ0n) is 9.82. The van der Waals surface area contributed by atoms with E-state index in [4.69, 9.17) is 10.5 Å². The van der Waals surface area contributed by atoms with E-state index in [1.165, 1.54) is 6.42 Å². The lowest BCUT2D eigenvalue weighted by Crippen LogP contribution is -2.36. The number of amides is 1. The third kappa shape index (κ3) is 3.37. The molecular formula is C13H18N2O2. The van der Waals surface area contributed by atoms with Gasteiger partial charge in [0.1, 0.15) is 12.4 Å². The smallest absolute Gasteiger partial charge is 0.223 e. The van der Waals surface area contributed by atoms with Gasteiger partial charge in [0.2, 0.25) is 5.91 Å². The molecule has 4 nitrogen and oxygen atoms in total. The highest BCUT2D eigenvalue weighted by Crippen LogP contribution is 2.25. The lowest BCUT2D eigenvalue weighted by atomic mass is 9.85. The van der Waals surface area contributed by atoms with Gasteiger partial charge in [0.25, 0.3) is 0 Å². The second kappa shape index (κ2) is 5.57. The zero-order valence-corrected chi connectivity index (χ0v) is 9.82. The summed E-state index contributed by atoms with van der Waals surface area (Å²) < 4.78 is 5.47. The second-order valence-electron chi connectivity index (χ2n) is 4.34. The number of hydrogen-bond donors (Lipinski definition) is 2. The quantitative estimate of drug-likeness (QED) is 0.600. The van der Waals surface area contributed by atoms with Crippen molar-refractivity contribution in [3.8, 4) is 5.75 Å². The van der Waals surface area contributed by atoms with Crippen LogP contribution in [-0.2, 0) is 4.79 Å². The molecule has 3 N–H and O–H groups in total. The Balaban J connectivity index is 1.64. The van der Waals surface area contributed by atoms with Gasteiger partial charge in [-0.05, 0) is 25.0 Å². The van der Waals surface area contributed by atoms with E-state index in [1.54, 1.807) is 6.07 Å². The summed E-state index contributed by atoms with van der Waals surface area (Å²) in [4.78, 5) is 11.5. The molecule has 4 heteroatoms. The van der Waals surface area contributed by atoms with E-state index >= 15 is 0 Å². The van der Waals surface area contributed by atoms with Crippen molar-refractivity contribution in [3.05, 3.63) is 24.3 Å². The maximum atomic E-state index is 11.5. The molecule has 0 spiro atoms. The second-order valence-corrected chi connectivity index (χ2v) is 4.34. The lowest BCUT2D eigenvalue weighted by molar-refractivity contribution is -0.127. The number of anilines is 1. The molecule has 0 aromatic heterocycles. The fourth-order valence-corrected chi connectivity index (χ4v) is 1.76. The molecule has 1 aromatic rings. The molecule has 0 radical (unpaired) electrons. The van der Waals surface area contributed by atoms with Gasteiger partial charge in [-0.15, -0.1) is 0 Å². The van der Waals surface area contributed by atoms with Gasteiger partial charge < -0.3 is 15.8 Å². The number of carbonyl (C=O) groups excluding carboxylic acids is 1. The van der Waals surface area contributed by atoms with Gasteiger partial charge in [-0.1, -0.05) is 12.5 Å². The zero-order chi connectivity index (χ0) is 12.1. The molecule has 1 fully saturated rings. The van der Waals surface area contributed by atoms with E-state index in [-0.39, 0.29) is 11.8 Å². The fraction of sp³-hybridized carbons (Fsp3) is 0.462. The molecule has 1 amide bonds. The predicted molar refractivity (Wildman–Crippen MR) is 66.7 cm³/mol. The number of ether oxygens (including phenoxy) is 1. The maximum absolute atomic E-state index is 11.5. The molecule has 0 unspecified atom stereocenters. The topological polar surface area (TPSA) is 64.3 Å². The fourth-order valence-electron chi connectivity index (χ4n) is 1.76. The first-order valence-electron chi connectivity index (χ1n) is 6.02. The first-order valence-corrected chi connectivity index (χ1v) is 6.02. The first kappa shape index (κ1) is 11.8. The number of benzene rings is 1. The Bertz CT molecular complexity index is 389. The minimum absolute atomic E-state index is 0.160. The van der Waals surface area contributed by atoms with E-state index in [0.29, 0.717) is 18.8 Å². The standard InChI is InChI=1S/C13H18N2O2/c14-11-5-2-6-12(9-11)17-8-7-15-13(16)10-3-1-4-10/h2,5-6,9-10H,1,3-4,7-8,14H2,(H,15,16). The average Bonchev–Trinajstić information content (AvgIpc) is 2.22. The average molecular weight is 234 g/mol. The van der Waals surface area contributed by atoms with Crippen LogP contribution in [-0.4, -0.2) is 19.1 Å². The molecule has 0 aliphatic heterocycles. The summed E-state index contributed by atoms with van der Waals surface area (Å²) in [6.45, 7) is 1.02. The highest BCUT2D eigenvalue weighted by atomic mass is 16.5. The van der Waals surface area contributed by atoms with Crippen LogP contribution in [0.15, 0.2) is 24.3 Å². The van der Waals surface area contributed by atoms with Crippen LogP contribution in [0.25, 0.3) is 0 Å². The van der Waals surface area contributed by atoms with Crippen molar-refractivity contribution in [1.82, 2.24) is 5.32 Å². The summed E-state index contributed by atoms with van der Waals surface area (Å²) in [6.07, 6.45) is 3.24. The molecule has 17 heavy (non-hydrogen) atoms. The Labute approximate surface area is 101 Å². The Morgan fingerprint density at radius 3 is 2.94 bits per heavy atom. The third-order valence-corrected chi connectivity index (χ3v) is 3.00. The van der Waals surface area contributed by atoms with Crippen molar-refractivity contribution in [2.24, 2.45) is 5.92 Å². The molecular weight excluding hydrogens is 216 g/mol. The number of hydrogen-bond acceptors (Lipinski definition) is 3. The van der Waals surface area contributed by atoms with E-state index in [1.807, 2.05) is 18.2 Å². The molecule has 0 atom stereocenters. The molecule has 1 aliphatic rings. The third-order valence-electron chi connectivity index (χ3n) is 3.00. The van der Waals surface area contributed by atoms with Gasteiger partial charge in [-0.3, -0.25) is 4.79 Å². The van der Waals surface area contributed by atoms with Gasteiger partial charge in [0.15, 0.2) is 0 Å². The maximum Gasteiger partial charge on any atom is 0.223 e. The van der Waals surface area contributed by atoms with Crippen molar-refractivity contribution in [1.29, 1.82) is 0 Å². The largest absolute Gasteiger partial charge is 0.492 e. The lowest BCUT2D eigenvalue weighted by Gasteiger charge is -2.23. The minimum Gasteiger partial charge on any atom is -0.492 e. The summed E-state index contributed by atoms with van der Waals surface area (Å²) in [5, 5.41) is 2.87. The van der Waals surface area contributed by atoms with Crippen LogP contribution in [0.1, 0.15) is 19.3 Å². The molecule has 2 rings (SSSR count). The van der Waals surface area contributed by atoms with Crippen molar-refractivity contribution >= 4 is 11.6 Å². The predicted octanol–water partition coefficient (Wildman–Crippen LogP) is 1.56. The van der Waals surface area contributed by atoms with Gasteiger partial charge in [0, 0.05) is 17.7 Å². The molecule has 1 saturated carbocycles. The minimum atomic E-state index is 0.160. The Morgan fingerprint density at radius 2 is 2.29 bits per heavy atom. The number of nitrogens with one attached hydrogen (secondary N) is 1. The van der Waals surface area contributed by atoms with Crippen molar-refractivity contribution < 1.29 is 9.53 Å². The van der Waals surface area contributed by atoms with Gasteiger partial charge in [-0.2, -0.15) is 0 Å². The Hall–Kier alpha value is -1.71. The molecule has 0 bridgehead atoms. The van der Waals surface area contributed by atoms with Crippen LogP contribution in [0.5, 0.6) is 5.75 Å². The molecule has 92 valence electrons. The first-order chi connectivity index (χ1) is 8.25. The van der Waals surface area contributed by atoms with E-state index in [0.717, 1.165) is 18.6 Å². The van der Waals surface area contributed by atoms with Crippen LogP contribution < -0.4 is 15.8 Å². The van der Waals surface area contributed by atoms with Crippen molar-refractivity contribution in [2.75, 3.05) is 18.9 Å².